The van der Waals surface area contributed by atoms with Crippen LogP contribution in [0.5, 0.6) is 5.88 Å². The van der Waals surface area contributed by atoms with E-state index in [1.54, 1.807) is 18.3 Å². The summed E-state index contributed by atoms with van der Waals surface area (Å²) in [5, 5.41) is 9.50. The van der Waals surface area contributed by atoms with Gasteiger partial charge in [-0.1, -0.05) is 48.0 Å². The number of pyridine rings is 1. The van der Waals surface area contributed by atoms with Crippen LogP contribution in [0.15, 0.2) is 48.7 Å². The van der Waals surface area contributed by atoms with Crippen LogP contribution in [0.3, 0.4) is 0 Å². The molecule has 0 saturated carbocycles. The largest absolute Gasteiger partial charge is 0.490 e. The van der Waals surface area contributed by atoms with E-state index in [-0.39, 0.29) is 6.54 Å². The smallest absolute Gasteiger partial charge is 0.475 e. The Morgan fingerprint density at radius 3 is 2.32 bits per heavy atom. The normalized spacial score (nSPS) is 11.6. The number of nitrogens with zero attached hydrogens (tertiary/aromatic N) is 1. The van der Waals surface area contributed by atoms with Crippen LogP contribution in [0.2, 0.25) is 0 Å². The van der Waals surface area contributed by atoms with Gasteiger partial charge in [-0.15, -0.1) is 0 Å². The summed E-state index contributed by atoms with van der Waals surface area (Å²) in [6.07, 6.45) is -3.49. The van der Waals surface area contributed by atoms with Crippen molar-refractivity contribution in [1.82, 2.24) is 10.3 Å². The Bertz CT molecular complexity index is 773. The molecule has 152 valence electrons. The van der Waals surface area contributed by atoms with Crippen LogP contribution in [0.25, 0.3) is 0 Å². The molecule has 0 fully saturated rings. The van der Waals surface area contributed by atoms with Gasteiger partial charge in [0.1, 0.15) is 6.61 Å². The fraction of sp³-hybridized carbons (Fsp3) is 0.235. The van der Waals surface area contributed by atoms with Gasteiger partial charge in [0.05, 0.1) is 0 Å². The molecule has 1 unspecified atom stereocenters. The zero-order valence-corrected chi connectivity index (χ0v) is 14.9. The molecule has 2 aromatic rings. The first-order chi connectivity index (χ1) is 13.1. The number of carbonyl (C=O) groups is 2. The van der Waals surface area contributed by atoms with Crippen LogP contribution in [0.4, 0.5) is 17.6 Å². The average Bonchev–Trinajstić information content (AvgIpc) is 2.65. The van der Waals surface area contributed by atoms with Gasteiger partial charge in [-0.05, 0) is 11.6 Å². The molecule has 1 aromatic heterocycles. The van der Waals surface area contributed by atoms with Crippen molar-refractivity contribution in [2.75, 3.05) is 0 Å². The van der Waals surface area contributed by atoms with Gasteiger partial charge in [0.15, 0.2) is 0 Å². The molecule has 1 aromatic carbocycles. The number of benzene rings is 1. The maximum absolute atomic E-state index is 12.6. The summed E-state index contributed by atoms with van der Waals surface area (Å²) in [5.41, 5.74) is -0.405. The van der Waals surface area contributed by atoms with E-state index in [2.05, 4.69) is 10.3 Å². The van der Waals surface area contributed by atoms with E-state index in [1.165, 1.54) is 0 Å². The minimum atomic E-state index is -5.08. The van der Waals surface area contributed by atoms with Crippen molar-refractivity contribution in [3.8, 4) is 5.88 Å². The number of carboxylic acids is 1. The van der Waals surface area contributed by atoms with E-state index in [0.29, 0.717) is 18.1 Å². The number of hydrogen-bond acceptors (Lipinski definition) is 4. The van der Waals surface area contributed by atoms with Gasteiger partial charge >= 0.3 is 12.1 Å². The Morgan fingerprint density at radius 1 is 1.18 bits per heavy atom. The van der Waals surface area contributed by atoms with Gasteiger partial charge in [-0.25, -0.2) is 14.2 Å². The van der Waals surface area contributed by atoms with Crippen molar-refractivity contribution < 1.29 is 37.0 Å². The predicted octanol–water partition coefficient (Wildman–Crippen LogP) is 3.44. The molecule has 0 aliphatic carbocycles. The highest BCUT2D eigenvalue weighted by Crippen LogP contribution is 2.16. The van der Waals surface area contributed by atoms with Crippen LogP contribution >= 0.6 is 11.6 Å². The number of hydrogen-bond donors (Lipinski definition) is 2. The third-order valence-corrected chi connectivity index (χ3v) is 3.16. The lowest BCUT2D eigenvalue weighted by Gasteiger charge is -2.11. The van der Waals surface area contributed by atoms with E-state index in [9.17, 15) is 22.4 Å². The van der Waals surface area contributed by atoms with Crippen molar-refractivity contribution in [2.24, 2.45) is 0 Å². The highest BCUT2D eigenvalue weighted by Gasteiger charge is 2.38. The molecule has 1 atom stereocenters. The molecule has 0 saturated heterocycles. The number of halogens is 5. The van der Waals surface area contributed by atoms with Crippen LogP contribution in [-0.2, 0) is 22.7 Å². The summed E-state index contributed by atoms with van der Waals surface area (Å²) in [6.45, 7) is 0.462. The summed E-state index contributed by atoms with van der Waals surface area (Å²) in [6, 6.07) is 13.1. The second-order valence-electron chi connectivity index (χ2n) is 5.06. The van der Waals surface area contributed by atoms with Gasteiger partial charge in [0, 0.05) is 18.3 Å². The maximum Gasteiger partial charge on any atom is 0.490 e. The number of amides is 1. The molecule has 0 radical (unpaired) electrons. The summed E-state index contributed by atoms with van der Waals surface area (Å²) in [7, 11) is 0. The highest BCUT2D eigenvalue weighted by atomic mass is 35.5. The Kier molecular flexibility index (Phi) is 9.16. The molecule has 2 N–H and O–H groups in total. The van der Waals surface area contributed by atoms with Crippen molar-refractivity contribution >= 4 is 23.5 Å². The first-order valence-electron chi connectivity index (χ1n) is 7.58. The van der Waals surface area contributed by atoms with Crippen LogP contribution in [-0.4, -0.2) is 33.8 Å². The Morgan fingerprint density at radius 2 is 1.79 bits per heavy atom. The second-order valence-corrected chi connectivity index (χ2v) is 5.45. The van der Waals surface area contributed by atoms with Crippen molar-refractivity contribution in [2.45, 2.75) is 25.0 Å². The molecule has 0 bridgehead atoms. The van der Waals surface area contributed by atoms with E-state index in [1.807, 2.05) is 30.3 Å². The van der Waals surface area contributed by atoms with Gasteiger partial charge in [0.2, 0.25) is 5.88 Å². The van der Waals surface area contributed by atoms with Gasteiger partial charge in [0.25, 0.3) is 11.5 Å². The summed E-state index contributed by atoms with van der Waals surface area (Å²) >= 11 is 5.05. The third-order valence-electron chi connectivity index (χ3n) is 2.96. The monoisotopic (exact) mass is 422 g/mol. The number of nitrogens with one attached hydrogen (secondary N) is 1. The molecule has 6 nitrogen and oxygen atoms in total. The maximum atomic E-state index is 12.6. The molecular formula is C17H15ClF4N2O4. The van der Waals surface area contributed by atoms with Gasteiger partial charge < -0.3 is 15.2 Å². The molecule has 0 aliphatic heterocycles. The lowest BCUT2D eigenvalue weighted by molar-refractivity contribution is -0.192. The van der Waals surface area contributed by atoms with Crippen molar-refractivity contribution in [3.63, 3.8) is 0 Å². The number of carboxylic acid groups (broad SMARTS) is 1. The average molecular weight is 423 g/mol. The van der Waals surface area contributed by atoms with E-state index in [0.717, 1.165) is 5.56 Å². The number of aliphatic carboxylic acids is 1. The van der Waals surface area contributed by atoms with Crippen LogP contribution in [0.1, 0.15) is 11.1 Å². The standard InChI is InChI=1S/C15H14ClFN2O2.C2HF3O2/c16-13(17)14(20)19-9-12-7-4-8-18-15(12)21-10-11-5-2-1-3-6-11;3-2(4,5)1(6)7/h1-8,13H,9-10H2,(H,19,20);(H,6,7). The van der Waals surface area contributed by atoms with E-state index in [4.69, 9.17) is 26.2 Å². The summed E-state index contributed by atoms with van der Waals surface area (Å²) in [4.78, 5) is 24.1. The fourth-order valence-electron chi connectivity index (χ4n) is 1.67. The Labute approximate surface area is 162 Å². The highest BCUT2D eigenvalue weighted by molar-refractivity contribution is 6.29. The van der Waals surface area contributed by atoms with Crippen LogP contribution < -0.4 is 10.1 Å². The first-order valence-corrected chi connectivity index (χ1v) is 8.01. The topological polar surface area (TPSA) is 88.5 Å². The van der Waals surface area contributed by atoms with Crippen molar-refractivity contribution in [1.29, 1.82) is 0 Å². The minimum Gasteiger partial charge on any atom is -0.475 e. The minimum absolute atomic E-state index is 0.101. The molecule has 28 heavy (non-hydrogen) atoms. The van der Waals surface area contributed by atoms with Crippen LogP contribution in [0, 0.1) is 0 Å². The van der Waals surface area contributed by atoms with Crippen molar-refractivity contribution in [3.05, 3.63) is 59.8 Å². The zero-order chi connectivity index (χ0) is 21.2. The molecule has 2 rings (SSSR count). The Balaban J connectivity index is 0.000000480. The molecule has 1 heterocycles. The number of carbonyl (C=O) groups excluding carboxylic acids is 1. The lowest BCUT2D eigenvalue weighted by Crippen LogP contribution is -2.28. The second kappa shape index (κ2) is 11.1. The molecule has 0 aliphatic rings. The SMILES string of the molecule is O=C(NCc1cccnc1OCc1ccccc1)C(F)Cl.O=C(O)C(F)(F)F. The zero-order valence-electron chi connectivity index (χ0n) is 14.1. The van der Waals surface area contributed by atoms with Gasteiger partial charge in [-0.2, -0.15) is 13.2 Å². The summed E-state index contributed by atoms with van der Waals surface area (Å²) in [5.74, 6) is -3.24. The molecule has 0 spiro atoms. The first kappa shape index (κ1) is 23.2. The summed E-state index contributed by atoms with van der Waals surface area (Å²) < 4.78 is 49.9. The van der Waals surface area contributed by atoms with Gasteiger partial charge in [-0.3, -0.25) is 4.79 Å². The number of aromatic nitrogens is 1. The van der Waals surface area contributed by atoms with E-state index >= 15 is 0 Å². The number of rotatable bonds is 6. The molecule has 11 heteroatoms. The quantitative estimate of drug-likeness (QED) is 0.550. The van der Waals surface area contributed by atoms with E-state index < -0.39 is 23.7 Å². The molecule has 1 amide bonds. The third kappa shape index (κ3) is 8.67. The lowest BCUT2D eigenvalue weighted by atomic mass is 10.2. The number of ether oxygens (including phenoxy) is 1. The molecular weight excluding hydrogens is 408 g/mol. The number of alkyl halides is 5. The predicted molar refractivity (Wildman–Crippen MR) is 91.3 cm³/mol. The fourth-order valence-corrected chi connectivity index (χ4v) is 1.75. The Hall–Kier alpha value is -2.88.